The van der Waals surface area contributed by atoms with Crippen molar-refractivity contribution >= 4 is 16.9 Å². The molecule has 0 aliphatic rings. The highest BCUT2D eigenvalue weighted by Gasteiger charge is 2.13. The Morgan fingerprint density at radius 1 is 0.722 bits per heavy atom. The SMILES string of the molecule is CCCCCCCCCCCCc1ccc(Oc2cc(C(=O)O)nc3ccc(CCCC)cc23)cc1. The van der Waals surface area contributed by atoms with Gasteiger partial charge in [0.1, 0.15) is 11.5 Å². The summed E-state index contributed by atoms with van der Waals surface area (Å²) >= 11 is 0. The summed E-state index contributed by atoms with van der Waals surface area (Å²) in [6.07, 6.45) is 17.8. The van der Waals surface area contributed by atoms with Crippen LogP contribution in [0.1, 0.15) is 113 Å². The van der Waals surface area contributed by atoms with E-state index in [2.05, 4.69) is 37.0 Å². The summed E-state index contributed by atoms with van der Waals surface area (Å²) in [5.41, 5.74) is 3.17. The van der Waals surface area contributed by atoms with Crippen molar-refractivity contribution in [1.29, 1.82) is 0 Å². The number of aromatic nitrogens is 1. The Balaban J connectivity index is 1.55. The summed E-state index contributed by atoms with van der Waals surface area (Å²) in [7, 11) is 0. The Hall–Kier alpha value is -2.88. The first-order valence-corrected chi connectivity index (χ1v) is 14.0. The third-order valence-electron chi connectivity index (χ3n) is 6.84. The van der Waals surface area contributed by atoms with Gasteiger partial charge in [-0.05, 0) is 61.1 Å². The second kappa shape index (κ2) is 15.3. The van der Waals surface area contributed by atoms with Crippen LogP contribution in [0.2, 0.25) is 0 Å². The number of fused-ring (bicyclic) bond motifs is 1. The second-order valence-corrected chi connectivity index (χ2v) is 9.94. The number of nitrogens with zero attached hydrogens (tertiary/aromatic N) is 1. The lowest BCUT2D eigenvalue weighted by atomic mass is 10.0. The number of aryl methyl sites for hydroxylation is 2. The maximum absolute atomic E-state index is 11.6. The first-order chi connectivity index (χ1) is 17.6. The van der Waals surface area contributed by atoms with Gasteiger partial charge in [-0.15, -0.1) is 0 Å². The van der Waals surface area contributed by atoms with Gasteiger partial charge in [0, 0.05) is 11.5 Å². The van der Waals surface area contributed by atoms with Crippen LogP contribution in [0.5, 0.6) is 11.5 Å². The summed E-state index contributed by atoms with van der Waals surface area (Å²) in [5.74, 6) is 0.200. The zero-order valence-corrected chi connectivity index (χ0v) is 22.2. The number of carboxylic acids is 1. The van der Waals surface area contributed by atoms with Gasteiger partial charge in [0.25, 0.3) is 0 Å². The van der Waals surface area contributed by atoms with Crippen LogP contribution in [0.15, 0.2) is 48.5 Å². The number of hydrogen-bond acceptors (Lipinski definition) is 3. The molecule has 1 aromatic heterocycles. The molecule has 0 radical (unpaired) electrons. The molecule has 0 unspecified atom stereocenters. The summed E-state index contributed by atoms with van der Waals surface area (Å²) < 4.78 is 6.20. The highest BCUT2D eigenvalue weighted by Crippen LogP contribution is 2.31. The van der Waals surface area contributed by atoms with Crippen LogP contribution in [-0.4, -0.2) is 16.1 Å². The number of carbonyl (C=O) groups is 1. The Kier molecular flexibility index (Phi) is 11.8. The van der Waals surface area contributed by atoms with Crippen molar-refractivity contribution in [3.8, 4) is 11.5 Å². The lowest BCUT2D eigenvalue weighted by molar-refractivity contribution is 0.0690. The minimum Gasteiger partial charge on any atom is -0.477 e. The zero-order valence-electron chi connectivity index (χ0n) is 22.2. The highest BCUT2D eigenvalue weighted by atomic mass is 16.5. The first-order valence-electron chi connectivity index (χ1n) is 14.0. The molecule has 1 N–H and O–H groups in total. The summed E-state index contributed by atoms with van der Waals surface area (Å²) in [6.45, 7) is 4.44. The Bertz CT molecular complexity index is 1070. The van der Waals surface area contributed by atoms with Gasteiger partial charge in [0.2, 0.25) is 0 Å². The molecule has 194 valence electrons. The number of aromatic carboxylic acids is 1. The zero-order chi connectivity index (χ0) is 25.6. The molecule has 3 aromatic rings. The standard InChI is InChI=1S/C32H43NO3/c1-3-5-7-8-9-10-11-12-13-14-16-25-17-20-27(21-18-25)36-31-24-30(32(34)35)33-29-22-19-26(15-6-4-2)23-28(29)31/h17-24H,3-16H2,1-2H3,(H,34,35). The van der Waals surface area contributed by atoms with Crippen LogP contribution in [0.25, 0.3) is 10.9 Å². The van der Waals surface area contributed by atoms with E-state index in [1.54, 1.807) is 0 Å². The van der Waals surface area contributed by atoms with E-state index in [1.807, 2.05) is 24.3 Å². The van der Waals surface area contributed by atoms with Gasteiger partial charge in [-0.2, -0.15) is 0 Å². The van der Waals surface area contributed by atoms with E-state index in [0.29, 0.717) is 17.0 Å². The summed E-state index contributed by atoms with van der Waals surface area (Å²) in [6, 6.07) is 15.8. The molecule has 0 aliphatic heterocycles. The van der Waals surface area contributed by atoms with Crippen molar-refractivity contribution in [1.82, 2.24) is 4.98 Å². The Morgan fingerprint density at radius 2 is 1.31 bits per heavy atom. The van der Waals surface area contributed by atoms with E-state index >= 15 is 0 Å². The van der Waals surface area contributed by atoms with Gasteiger partial charge in [-0.3, -0.25) is 0 Å². The molecule has 3 rings (SSSR count). The van der Waals surface area contributed by atoms with Crippen molar-refractivity contribution in [2.24, 2.45) is 0 Å². The number of unbranched alkanes of at least 4 members (excludes halogenated alkanes) is 10. The van der Waals surface area contributed by atoms with E-state index in [9.17, 15) is 9.90 Å². The molecule has 0 atom stereocenters. The lowest BCUT2D eigenvalue weighted by Crippen LogP contribution is -2.02. The Morgan fingerprint density at radius 3 is 1.94 bits per heavy atom. The molecule has 0 saturated carbocycles. The topological polar surface area (TPSA) is 59.4 Å². The maximum atomic E-state index is 11.6. The largest absolute Gasteiger partial charge is 0.477 e. The molecule has 0 spiro atoms. The predicted octanol–water partition coefficient (Wildman–Crippen LogP) is 9.53. The number of carboxylic acid groups (broad SMARTS) is 1. The van der Waals surface area contributed by atoms with Crippen LogP contribution in [-0.2, 0) is 12.8 Å². The fourth-order valence-electron chi connectivity index (χ4n) is 4.64. The van der Waals surface area contributed by atoms with Crippen molar-refractivity contribution in [3.63, 3.8) is 0 Å². The van der Waals surface area contributed by atoms with E-state index in [0.717, 1.165) is 31.1 Å². The van der Waals surface area contributed by atoms with Gasteiger partial charge < -0.3 is 9.84 Å². The van der Waals surface area contributed by atoms with Crippen molar-refractivity contribution < 1.29 is 14.6 Å². The monoisotopic (exact) mass is 489 g/mol. The first kappa shape index (κ1) is 27.7. The molecule has 2 aromatic carbocycles. The second-order valence-electron chi connectivity index (χ2n) is 9.94. The van der Waals surface area contributed by atoms with Crippen molar-refractivity contribution in [3.05, 3.63) is 65.4 Å². The number of benzene rings is 2. The molecule has 36 heavy (non-hydrogen) atoms. The van der Waals surface area contributed by atoms with E-state index in [1.165, 1.54) is 81.4 Å². The van der Waals surface area contributed by atoms with Gasteiger partial charge in [0.05, 0.1) is 5.52 Å². The van der Waals surface area contributed by atoms with Gasteiger partial charge in [0.15, 0.2) is 5.69 Å². The molecule has 0 aliphatic carbocycles. The third kappa shape index (κ3) is 8.96. The fourth-order valence-corrected chi connectivity index (χ4v) is 4.64. The molecule has 0 amide bonds. The van der Waals surface area contributed by atoms with Crippen molar-refractivity contribution in [2.75, 3.05) is 0 Å². The molecule has 0 saturated heterocycles. The van der Waals surface area contributed by atoms with Crippen LogP contribution >= 0.6 is 0 Å². The van der Waals surface area contributed by atoms with E-state index in [-0.39, 0.29) is 5.69 Å². The van der Waals surface area contributed by atoms with Crippen molar-refractivity contribution in [2.45, 2.75) is 104 Å². The van der Waals surface area contributed by atoms with Gasteiger partial charge in [-0.1, -0.05) is 96.3 Å². The molecule has 4 nitrogen and oxygen atoms in total. The normalized spacial score (nSPS) is 11.2. The van der Waals surface area contributed by atoms with Crippen LogP contribution in [0.3, 0.4) is 0 Å². The third-order valence-corrected chi connectivity index (χ3v) is 6.84. The Labute approximate surface area is 217 Å². The fraction of sp³-hybridized carbons (Fsp3) is 0.500. The minimum atomic E-state index is -1.05. The van der Waals surface area contributed by atoms with Crippen LogP contribution < -0.4 is 4.74 Å². The number of pyridine rings is 1. The molecule has 0 bridgehead atoms. The summed E-state index contributed by atoms with van der Waals surface area (Å²) in [4.78, 5) is 15.9. The molecule has 0 fully saturated rings. The average Bonchev–Trinajstić information content (AvgIpc) is 2.89. The molecule has 1 heterocycles. The number of hydrogen-bond donors (Lipinski definition) is 1. The van der Waals surface area contributed by atoms with Crippen LogP contribution in [0.4, 0.5) is 0 Å². The van der Waals surface area contributed by atoms with Crippen LogP contribution in [0, 0.1) is 0 Å². The molecule has 4 heteroatoms. The maximum Gasteiger partial charge on any atom is 0.354 e. The minimum absolute atomic E-state index is 0.00334. The lowest BCUT2D eigenvalue weighted by Gasteiger charge is -2.12. The van der Waals surface area contributed by atoms with E-state index < -0.39 is 5.97 Å². The van der Waals surface area contributed by atoms with Gasteiger partial charge in [-0.25, -0.2) is 9.78 Å². The predicted molar refractivity (Wildman–Crippen MR) is 149 cm³/mol. The number of rotatable bonds is 17. The van der Waals surface area contributed by atoms with E-state index in [4.69, 9.17) is 4.74 Å². The quantitative estimate of drug-likeness (QED) is 0.192. The highest BCUT2D eigenvalue weighted by molar-refractivity contribution is 5.93. The smallest absolute Gasteiger partial charge is 0.354 e. The summed E-state index contributed by atoms with van der Waals surface area (Å²) in [5, 5.41) is 10.4. The number of ether oxygens (including phenoxy) is 1. The average molecular weight is 490 g/mol. The van der Waals surface area contributed by atoms with Gasteiger partial charge >= 0.3 is 5.97 Å². The molecular formula is C32H43NO3. The molecular weight excluding hydrogens is 446 g/mol.